The van der Waals surface area contributed by atoms with Crippen LogP contribution < -0.4 is 10.6 Å². The van der Waals surface area contributed by atoms with Crippen LogP contribution in [-0.4, -0.2) is 47.0 Å². The first-order chi connectivity index (χ1) is 18.2. The molecule has 39 heavy (non-hydrogen) atoms. The van der Waals surface area contributed by atoms with Gasteiger partial charge in [-0.25, -0.2) is 4.79 Å². The molecule has 7 heteroatoms. The summed E-state index contributed by atoms with van der Waals surface area (Å²) in [6.07, 6.45) is 8.90. The Labute approximate surface area is 236 Å². The average molecular weight is 542 g/mol. The summed E-state index contributed by atoms with van der Waals surface area (Å²) in [4.78, 5) is 42.7. The van der Waals surface area contributed by atoms with Crippen molar-refractivity contribution in [3.63, 3.8) is 0 Å². The summed E-state index contributed by atoms with van der Waals surface area (Å²) in [7, 11) is 0. The van der Waals surface area contributed by atoms with E-state index in [1.807, 2.05) is 39.0 Å². The minimum atomic E-state index is -0.945. The maximum atomic E-state index is 14.4. The minimum absolute atomic E-state index is 0.108. The van der Waals surface area contributed by atoms with Crippen molar-refractivity contribution >= 4 is 17.9 Å². The number of terminal acetylenes is 1. The van der Waals surface area contributed by atoms with Gasteiger partial charge in [-0.05, 0) is 76.8 Å². The molecule has 0 spiro atoms. The smallest absolute Gasteiger partial charge is 0.408 e. The van der Waals surface area contributed by atoms with Crippen molar-refractivity contribution < 1.29 is 19.1 Å². The molecule has 0 aliphatic rings. The predicted molar refractivity (Wildman–Crippen MR) is 158 cm³/mol. The largest absolute Gasteiger partial charge is 0.444 e. The van der Waals surface area contributed by atoms with Crippen molar-refractivity contribution in [2.24, 2.45) is 11.8 Å². The Morgan fingerprint density at radius 3 is 2.21 bits per heavy atom. The standard InChI is InChI=1S/C32H51N3O4/c1-11-13-20-33-29(36)28(26-17-15-14-16-25(26)12-2)35(24(7)19-18-22(3)4)30(37)27(21-23(5)6)34-31(38)39-32(8,9)10/h2,14-17,22-24,27-28H,11,13,18-21H2,1,3-10H3,(H,33,36)(H,34,38). The molecule has 3 unspecified atom stereocenters. The average Bonchev–Trinajstić information content (AvgIpc) is 2.83. The highest BCUT2D eigenvalue weighted by Crippen LogP contribution is 2.30. The minimum Gasteiger partial charge on any atom is -0.444 e. The second-order valence-corrected chi connectivity index (χ2v) is 12.2. The zero-order valence-corrected chi connectivity index (χ0v) is 25.6. The number of rotatable bonds is 14. The normalized spacial score (nSPS) is 13.8. The van der Waals surface area contributed by atoms with Crippen LogP contribution in [0, 0.1) is 24.2 Å². The van der Waals surface area contributed by atoms with E-state index in [9.17, 15) is 14.4 Å². The van der Waals surface area contributed by atoms with Crippen LogP contribution in [0.3, 0.4) is 0 Å². The van der Waals surface area contributed by atoms with Gasteiger partial charge < -0.3 is 20.3 Å². The van der Waals surface area contributed by atoms with Crippen LogP contribution in [0.25, 0.3) is 0 Å². The van der Waals surface area contributed by atoms with Gasteiger partial charge in [-0.1, -0.05) is 65.2 Å². The molecule has 0 aliphatic carbocycles. The number of carbonyl (C=O) groups is 3. The van der Waals surface area contributed by atoms with E-state index < -0.39 is 23.8 Å². The molecule has 3 amide bonds. The highest BCUT2D eigenvalue weighted by Gasteiger charge is 2.39. The fraction of sp³-hybridized carbons (Fsp3) is 0.656. The monoisotopic (exact) mass is 541 g/mol. The Morgan fingerprint density at radius 1 is 1.03 bits per heavy atom. The number of ether oxygens (including phenoxy) is 1. The van der Waals surface area contributed by atoms with E-state index in [4.69, 9.17) is 11.2 Å². The lowest BCUT2D eigenvalue weighted by Crippen LogP contribution is -2.56. The summed E-state index contributed by atoms with van der Waals surface area (Å²) in [5, 5.41) is 5.83. The molecule has 0 saturated heterocycles. The van der Waals surface area contributed by atoms with Crippen LogP contribution in [-0.2, 0) is 14.3 Å². The van der Waals surface area contributed by atoms with Crippen molar-refractivity contribution in [1.29, 1.82) is 0 Å². The molecule has 0 aliphatic heterocycles. The van der Waals surface area contributed by atoms with Gasteiger partial charge in [-0.15, -0.1) is 6.42 Å². The van der Waals surface area contributed by atoms with Gasteiger partial charge in [-0.2, -0.15) is 0 Å². The molecule has 218 valence electrons. The second kappa shape index (κ2) is 16.2. The van der Waals surface area contributed by atoms with Gasteiger partial charge in [0.25, 0.3) is 0 Å². The Balaban J connectivity index is 3.67. The predicted octanol–water partition coefficient (Wildman–Crippen LogP) is 6.22. The number of carbonyl (C=O) groups excluding carboxylic acids is 3. The maximum absolute atomic E-state index is 14.4. The Hall–Kier alpha value is -3.01. The molecule has 1 rings (SSSR count). The zero-order chi connectivity index (χ0) is 29.8. The number of amides is 3. The van der Waals surface area contributed by atoms with E-state index in [2.05, 4.69) is 37.3 Å². The molecule has 0 saturated carbocycles. The lowest BCUT2D eigenvalue weighted by atomic mass is 9.93. The molecule has 3 atom stereocenters. The molecular formula is C32H51N3O4. The number of hydrogen-bond acceptors (Lipinski definition) is 4. The summed E-state index contributed by atoms with van der Waals surface area (Å²) in [5.74, 6) is 2.62. The number of nitrogens with zero attached hydrogens (tertiary/aromatic N) is 1. The molecule has 7 nitrogen and oxygen atoms in total. The first-order valence-electron chi connectivity index (χ1n) is 14.4. The van der Waals surface area contributed by atoms with Gasteiger partial charge in [0.2, 0.25) is 11.8 Å². The zero-order valence-electron chi connectivity index (χ0n) is 25.6. The first-order valence-corrected chi connectivity index (χ1v) is 14.4. The molecule has 0 bridgehead atoms. The number of unbranched alkanes of at least 4 members (excludes halogenated alkanes) is 1. The topological polar surface area (TPSA) is 87.7 Å². The van der Waals surface area contributed by atoms with Crippen LogP contribution in [0.2, 0.25) is 0 Å². The molecule has 0 heterocycles. The van der Waals surface area contributed by atoms with E-state index in [-0.39, 0.29) is 23.8 Å². The molecular weight excluding hydrogens is 490 g/mol. The number of nitrogens with one attached hydrogen (secondary N) is 2. The summed E-state index contributed by atoms with van der Waals surface area (Å²) < 4.78 is 5.49. The molecule has 0 radical (unpaired) electrons. The van der Waals surface area contributed by atoms with Crippen molar-refractivity contribution in [3.8, 4) is 12.3 Å². The van der Waals surface area contributed by atoms with Gasteiger partial charge >= 0.3 is 6.09 Å². The first kappa shape index (κ1) is 34.0. The summed E-state index contributed by atoms with van der Waals surface area (Å²) in [5.41, 5.74) is 0.439. The van der Waals surface area contributed by atoms with Gasteiger partial charge in [0.05, 0.1) is 0 Å². The van der Waals surface area contributed by atoms with E-state index in [0.717, 1.165) is 19.3 Å². The Kier molecular flexibility index (Phi) is 14.1. The highest BCUT2D eigenvalue weighted by atomic mass is 16.6. The molecule has 1 aromatic carbocycles. The molecule has 0 aromatic heterocycles. The van der Waals surface area contributed by atoms with Gasteiger partial charge in [-0.3, -0.25) is 9.59 Å². The van der Waals surface area contributed by atoms with Crippen molar-refractivity contribution in [2.45, 2.75) is 118 Å². The summed E-state index contributed by atoms with van der Waals surface area (Å²) in [6, 6.07) is 5.15. The summed E-state index contributed by atoms with van der Waals surface area (Å²) in [6.45, 7) is 18.1. The van der Waals surface area contributed by atoms with Crippen LogP contribution in [0.5, 0.6) is 0 Å². The Morgan fingerprint density at radius 2 is 1.67 bits per heavy atom. The van der Waals surface area contributed by atoms with Crippen LogP contribution >= 0.6 is 0 Å². The number of alkyl carbamates (subject to hydrolysis) is 1. The maximum Gasteiger partial charge on any atom is 0.408 e. The third-order valence-corrected chi connectivity index (χ3v) is 6.35. The quantitative estimate of drug-likeness (QED) is 0.216. The Bertz CT molecular complexity index is 974. The number of hydrogen-bond donors (Lipinski definition) is 2. The van der Waals surface area contributed by atoms with Gasteiger partial charge in [0, 0.05) is 18.2 Å². The SMILES string of the molecule is C#Cc1ccccc1C(C(=O)NCCCC)N(C(=O)C(CC(C)C)NC(=O)OC(C)(C)C)C(C)CCC(C)C. The fourth-order valence-electron chi connectivity index (χ4n) is 4.40. The number of benzene rings is 1. The van der Waals surface area contributed by atoms with Gasteiger partial charge in [0.15, 0.2) is 0 Å². The third-order valence-electron chi connectivity index (χ3n) is 6.35. The highest BCUT2D eigenvalue weighted by molar-refractivity contribution is 5.92. The van der Waals surface area contributed by atoms with Crippen molar-refractivity contribution in [3.05, 3.63) is 35.4 Å². The fourth-order valence-corrected chi connectivity index (χ4v) is 4.40. The van der Waals surface area contributed by atoms with Crippen LogP contribution in [0.15, 0.2) is 24.3 Å². The second-order valence-electron chi connectivity index (χ2n) is 12.2. The lowest BCUT2D eigenvalue weighted by Gasteiger charge is -2.39. The summed E-state index contributed by atoms with van der Waals surface area (Å²) >= 11 is 0. The molecule has 2 N–H and O–H groups in total. The molecule has 0 fully saturated rings. The van der Waals surface area contributed by atoms with E-state index in [1.54, 1.807) is 31.7 Å². The van der Waals surface area contributed by atoms with Crippen LogP contribution in [0.4, 0.5) is 4.79 Å². The lowest BCUT2D eigenvalue weighted by molar-refractivity contribution is -0.145. The molecule has 1 aromatic rings. The van der Waals surface area contributed by atoms with Crippen LogP contribution in [0.1, 0.15) is 112 Å². The van der Waals surface area contributed by atoms with E-state index >= 15 is 0 Å². The van der Waals surface area contributed by atoms with Crippen molar-refractivity contribution in [2.75, 3.05) is 6.54 Å². The van der Waals surface area contributed by atoms with Gasteiger partial charge in [0.1, 0.15) is 17.7 Å². The van der Waals surface area contributed by atoms with E-state index in [1.165, 1.54) is 0 Å². The van der Waals surface area contributed by atoms with Crippen molar-refractivity contribution in [1.82, 2.24) is 15.5 Å². The third kappa shape index (κ3) is 11.7. The van der Waals surface area contributed by atoms with E-state index in [0.29, 0.717) is 36.4 Å².